The lowest BCUT2D eigenvalue weighted by molar-refractivity contribution is 1.11. The van der Waals surface area contributed by atoms with Gasteiger partial charge in [-0.05, 0) is 47.6 Å². The van der Waals surface area contributed by atoms with Crippen LogP contribution in [0.15, 0.2) is 54.6 Å². The molecule has 0 saturated carbocycles. The zero-order valence-corrected chi connectivity index (χ0v) is 13.5. The maximum Gasteiger partial charge on any atom is 0.0844 e. The van der Waals surface area contributed by atoms with Crippen molar-refractivity contribution in [3.05, 3.63) is 81.9 Å². The summed E-state index contributed by atoms with van der Waals surface area (Å²) in [4.78, 5) is 0. The van der Waals surface area contributed by atoms with Gasteiger partial charge in [0.1, 0.15) is 0 Å². The maximum atomic E-state index is 6.80. The van der Waals surface area contributed by atoms with Gasteiger partial charge in [-0.15, -0.1) is 11.6 Å². The minimum atomic E-state index is -0.174. The van der Waals surface area contributed by atoms with E-state index in [2.05, 4.69) is 38.1 Å². The van der Waals surface area contributed by atoms with E-state index in [4.69, 9.17) is 23.2 Å². The second-order valence-electron chi connectivity index (χ2n) is 5.33. The highest BCUT2D eigenvalue weighted by molar-refractivity contribution is 6.36. The van der Waals surface area contributed by atoms with Crippen molar-refractivity contribution in [2.45, 2.75) is 19.2 Å². The van der Waals surface area contributed by atoms with Gasteiger partial charge in [0, 0.05) is 10.4 Å². The number of halogens is 2. The first-order chi connectivity index (χ1) is 10.1. The molecule has 0 N–H and O–H groups in total. The second kappa shape index (κ2) is 5.71. The Kier molecular flexibility index (Phi) is 3.93. The Morgan fingerprint density at radius 3 is 2.24 bits per heavy atom. The minimum absolute atomic E-state index is 0.174. The summed E-state index contributed by atoms with van der Waals surface area (Å²) in [5.74, 6) is 0. The molecule has 0 aliphatic heterocycles. The average molecular weight is 315 g/mol. The summed E-state index contributed by atoms with van der Waals surface area (Å²) in [6.45, 7) is 4.24. The maximum absolute atomic E-state index is 6.80. The van der Waals surface area contributed by atoms with E-state index in [1.807, 2.05) is 30.3 Å². The fourth-order valence-corrected chi connectivity index (χ4v) is 3.38. The van der Waals surface area contributed by atoms with Crippen molar-refractivity contribution < 1.29 is 0 Å². The van der Waals surface area contributed by atoms with Gasteiger partial charge >= 0.3 is 0 Å². The highest BCUT2D eigenvalue weighted by atomic mass is 35.5. The molecule has 0 aromatic heterocycles. The highest BCUT2D eigenvalue weighted by Gasteiger charge is 2.17. The fourth-order valence-electron chi connectivity index (χ4n) is 2.72. The molecular weight excluding hydrogens is 299 g/mol. The van der Waals surface area contributed by atoms with Gasteiger partial charge in [-0.3, -0.25) is 0 Å². The number of rotatable bonds is 2. The van der Waals surface area contributed by atoms with Crippen molar-refractivity contribution >= 4 is 34.0 Å². The number of hydrogen-bond acceptors (Lipinski definition) is 0. The van der Waals surface area contributed by atoms with Gasteiger partial charge in [0.2, 0.25) is 0 Å². The lowest BCUT2D eigenvalue weighted by atomic mass is 9.94. The molecule has 0 nitrogen and oxygen atoms in total. The first-order valence-corrected chi connectivity index (χ1v) is 7.78. The Balaban J connectivity index is 2.21. The van der Waals surface area contributed by atoms with Crippen LogP contribution in [0.5, 0.6) is 0 Å². The van der Waals surface area contributed by atoms with Crippen LogP contribution in [0, 0.1) is 13.8 Å². The molecule has 0 aliphatic rings. The number of fused-ring (bicyclic) bond motifs is 1. The molecule has 1 unspecified atom stereocenters. The Labute approximate surface area is 135 Å². The molecule has 0 radical (unpaired) electrons. The van der Waals surface area contributed by atoms with Crippen molar-refractivity contribution in [1.29, 1.82) is 0 Å². The summed E-state index contributed by atoms with van der Waals surface area (Å²) in [5, 5.41) is 2.75. The van der Waals surface area contributed by atoms with Gasteiger partial charge in [0.25, 0.3) is 0 Å². The Morgan fingerprint density at radius 1 is 0.762 bits per heavy atom. The molecule has 0 aliphatic carbocycles. The highest BCUT2D eigenvalue weighted by Crippen LogP contribution is 2.37. The van der Waals surface area contributed by atoms with Crippen molar-refractivity contribution in [3.63, 3.8) is 0 Å². The minimum Gasteiger partial charge on any atom is -0.113 e. The van der Waals surface area contributed by atoms with Gasteiger partial charge in [-0.2, -0.15) is 0 Å². The van der Waals surface area contributed by atoms with Crippen molar-refractivity contribution in [3.8, 4) is 0 Å². The van der Waals surface area contributed by atoms with E-state index < -0.39 is 0 Å². The molecule has 1 atom stereocenters. The van der Waals surface area contributed by atoms with E-state index in [1.54, 1.807) is 0 Å². The van der Waals surface area contributed by atoms with E-state index in [0.29, 0.717) is 0 Å². The van der Waals surface area contributed by atoms with Crippen LogP contribution in [-0.2, 0) is 0 Å². The third-order valence-corrected chi connectivity index (χ3v) is 4.90. The van der Waals surface area contributed by atoms with Crippen LogP contribution < -0.4 is 0 Å². The molecule has 3 aromatic rings. The first kappa shape index (κ1) is 14.4. The van der Waals surface area contributed by atoms with E-state index in [9.17, 15) is 0 Å². The quantitative estimate of drug-likeness (QED) is 0.477. The van der Waals surface area contributed by atoms with Crippen LogP contribution in [0.1, 0.15) is 27.6 Å². The second-order valence-corrected chi connectivity index (χ2v) is 6.18. The Bertz CT molecular complexity index is 806. The fraction of sp³-hybridized carbons (Fsp3) is 0.158. The number of alkyl halides is 1. The van der Waals surface area contributed by atoms with Gasteiger partial charge in [-0.25, -0.2) is 0 Å². The van der Waals surface area contributed by atoms with Crippen molar-refractivity contribution in [2.75, 3.05) is 0 Å². The third-order valence-electron chi connectivity index (χ3n) is 4.10. The molecule has 0 fully saturated rings. The lowest BCUT2D eigenvalue weighted by Crippen LogP contribution is -1.99. The molecule has 2 heteroatoms. The summed E-state index contributed by atoms with van der Waals surface area (Å²) < 4.78 is 0. The standard InChI is InChI=1S/C19H16Cl2/c1-12-6-5-9-14(13(12)2)19(21)17-10-11-18(20)16-8-4-3-7-15(16)17/h3-11,19H,1-2H3. The molecule has 0 spiro atoms. The van der Waals surface area contributed by atoms with Crippen molar-refractivity contribution in [1.82, 2.24) is 0 Å². The van der Waals surface area contributed by atoms with Crippen LogP contribution >= 0.6 is 23.2 Å². The summed E-state index contributed by atoms with van der Waals surface area (Å²) in [7, 11) is 0. The molecule has 0 bridgehead atoms. The van der Waals surface area contributed by atoms with Crippen LogP contribution in [0.25, 0.3) is 10.8 Å². The van der Waals surface area contributed by atoms with Gasteiger partial charge in [0.15, 0.2) is 0 Å². The molecule has 3 aromatic carbocycles. The van der Waals surface area contributed by atoms with E-state index in [1.165, 1.54) is 11.1 Å². The Morgan fingerprint density at radius 2 is 1.48 bits per heavy atom. The predicted octanol–water partition coefficient (Wildman–Crippen LogP) is 6.44. The lowest BCUT2D eigenvalue weighted by Gasteiger charge is -2.17. The monoisotopic (exact) mass is 314 g/mol. The van der Waals surface area contributed by atoms with Crippen LogP contribution in [-0.4, -0.2) is 0 Å². The average Bonchev–Trinajstić information content (AvgIpc) is 2.50. The van der Waals surface area contributed by atoms with Crippen LogP contribution in [0.4, 0.5) is 0 Å². The van der Waals surface area contributed by atoms with E-state index >= 15 is 0 Å². The molecular formula is C19H16Cl2. The normalized spacial score (nSPS) is 12.6. The van der Waals surface area contributed by atoms with Gasteiger partial charge in [0.05, 0.1) is 5.38 Å². The first-order valence-electron chi connectivity index (χ1n) is 6.97. The van der Waals surface area contributed by atoms with E-state index in [-0.39, 0.29) is 5.38 Å². The van der Waals surface area contributed by atoms with Gasteiger partial charge in [-0.1, -0.05) is 60.1 Å². The van der Waals surface area contributed by atoms with E-state index in [0.717, 1.165) is 26.9 Å². The molecule has 21 heavy (non-hydrogen) atoms. The van der Waals surface area contributed by atoms with Crippen molar-refractivity contribution in [2.24, 2.45) is 0 Å². The number of benzene rings is 3. The summed E-state index contributed by atoms with van der Waals surface area (Å²) in [6.07, 6.45) is 0. The number of aryl methyl sites for hydroxylation is 1. The SMILES string of the molecule is Cc1cccc(C(Cl)c2ccc(Cl)c3ccccc23)c1C. The molecule has 106 valence electrons. The molecule has 0 amide bonds. The molecule has 0 saturated heterocycles. The van der Waals surface area contributed by atoms with Crippen LogP contribution in [0.3, 0.4) is 0 Å². The molecule has 3 rings (SSSR count). The summed E-state index contributed by atoms with van der Waals surface area (Å²) >= 11 is 13.1. The molecule has 0 heterocycles. The zero-order chi connectivity index (χ0) is 15.0. The predicted molar refractivity (Wildman–Crippen MR) is 92.6 cm³/mol. The smallest absolute Gasteiger partial charge is 0.0844 e. The van der Waals surface area contributed by atoms with Crippen LogP contribution in [0.2, 0.25) is 5.02 Å². The zero-order valence-electron chi connectivity index (χ0n) is 12.0. The third kappa shape index (κ3) is 2.54. The summed E-state index contributed by atoms with van der Waals surface area (Å²) in [6, 6.07) is 18.4. The topological polar surface area (TPSA) is 0 Å². The van der Waals surface area contributed by atoms with Gasteiger partial charge < -0.3 is 0 Å². The number of hydrogen-bond donors (Lipinski definition) is 0. The summed E-state index contributed by atoms with van der Waals surface area (Å²) in [5.41, 5.74) is 4.77. The Hall–Kier alpha value is -1.50. The largest absolute Gasteiger partial charge is 0.113 e.